The van der Waals surface area contributed by atoms with Crippen molar-refractivity contribution in [2.75, 3.05) is 0 Å². The van der Waals surface area contributed by atoms with Crippen LogP contribution in [-0.4, -0.2) is 0 Å². The predicted octanol–water partition coefficient (Wildman–Crippen LogP) is 2.55. The molecule has 0 aromatic heterocycles. The molecule has 0 saturated heterocycles. The van der Waals surface area contributed by atoms with Crippen LogP contribution < -0.4 is 0 Å². The molecule has 0 radical (unpaired) electrons. The van der Waals surface area contributed by atoms with Gasteiger partial charge in [-0.15, -0.1) is 0 Å². The predicted molar refractivity (Wildman–Crippen MR) is 34.6 cm³/mol. The van der Waals surface area contributed by atoms with Crippen molar-refractivity contribution in [3.8, 4) is 0 Å². The highest BCUT2D eigenvalue weighted by molar-refractivity contribution is 6.06. The van der Waals surface area contributed by atoms with Crippen LogP contribution in [-0.2, 0) is 9.33 Å². The Labute approximate surface area is 59.5 Å². The van der Waals surface area contributed by atoms with Crippen molar-refractivity contribution in [3.05, 3.63) is 11.8 Å². The summed E-state index contributed by atoms with van der Waals surface area (Å²) >= 11 is 4.87. The Morgan fingerprint density at radius 2 is 2.33 bits per heavy atom. The van der Waals surface area contributed by atoms with Gasteiger partial charge >= 0.3 is 0 Å². The fraction of sp³-hybridized carbons (Fsp3) is 0.667. The highest BCUT2D eigenvalue weighted by Gasteiger charge is 2.03. The summed E-state index contributed by atoms with van der Waals surface area (Å²) < 4.78 is 3.99. The van der Waals surface area contributed by atoms with Crippen molar-refractivity contribution < 1.29 is 9.33 Å². The molecule has 2 nitrogen and oxygen atoms in total. The molecule has 1 aliphatic carbocycles. The van der Waals surface area contributed by atoms with Crippen LogP contribution >= 0.6 is 11.9 Å². The van der Waals surface area contributed by atoms with E-state index >= 15 is 0 Å². The molecule has 1 rings (SSSR count). The van der Waals surface area contributed by atoms with Gasteiger partial charge in [-0.2, -0.15) is 0 Å². The van der Waals surface area contributed by atoms with Gasteiger partial charge in [0, 0.05) is 6.42 Å². The standard InChI is InChI=1S/C6H9ClO2/c7-9-8-6-4-2-1-3-5-6/h4H,1-3,5H2. The van der Waals surface area contributed by atoms with E-state index in [0.29, 0.717) is 0 Å². The number of hydrogen-bond acceptors (Lipinski definition) is 2. The minimum absolute atomic E-state index is 0.858. The number of rotatable bonds is 2. The van der Waals surface area contributed by atoms with Crippen LogP contribution in [0.25, 0.3) is 0 Å². The molecule has 0 aromatic rings. The fourth-order valence-electron chi connectivity index (χ4n) is 0.925. The maximum Gasteiger partial charge on any atom is 0.140 e. The molecule has 52 valence electrons. The van der Waals surface area contributed by atoms with Crippen LogP contribution in [0.15, 0.2) is 11.8 Å². The first-order valence-corrected chi connectivity index (χ1v) is 3.38. The van der Waals surface area contributed by atoms with Gasteiger partial charge in [-0.3, -0.25) is 0 Å². The largest absolute Gasteiger partial charge is 0.325 e. The Kier molecular flexibility index (Phi) is 2.87. The van der Waals surface area contributed by atoms with Crippen molar-refractivity contribution in [1.82, 2.24) is 0 Å². The van der Waals surface area contributed by atoms with E-state index in [0.717, 1.165) is 18.6 Å². The Hall–Kier alpha value is -0.210. The van der Waals surface area contributed by atoms with E-state index in [-0.39, 0.29) is 0 Å². The van der Waals surface area contributed by atoms with Crippen LogP contribution in [0, 0.1) is 0 Å². The second-order valence-electron chi connectivity index (χ2n) is 2.06. The molecule has 0 N–H and O–H groups in total. The average molecular weight is 149 g/mol. The van der Waals surface area contributed by atoms with Crippen LogP contribution in [0.2, 0.25) is 0 Å². The van der Waals surface area contributed by atoms with Gasteiger partial charge in [0.25, 0.3) is 0 Å². The average Bonchev–Trinajstić information content (AvgIpc) is 1.91. The lowest BCUT2D eigenvalue weighted by atomic mass is 10.1. The van der Waals surface area contributed by atoms with E-state index < -0.39 is 0 Å². The Bertz CT molecular complexity index is 112. The van der Waals surface area contributed by atoms with E-state index in [2.05, 4.69) is 9.33 Å². The van der Waals surface area contributed by atoms with Gasteiger partial charge in [0.15, 0.2) is 0 Å². The molecule has 0 atom stereocenters. The summed E-state index contributed by atoms with van der Waals surface area (Å²) in [5.74, 6) is 0.858. The normalized spacial score (nSPS) is 19.0. The molecule has 3 heteroatoms. The molecule has 0 unspecified atom stereocenters. The summed E-state index contributed by atoms with van der Waals surface area (Å²) in [5, 5.41) is 0. The third-order valence-electron chi connectivity index (χ3n) is 1.39. The topological polar surface area (TPSA) is 18.5 Å². The Balaban J connectivity index is 2.28. The molecular formula is C6H9ClO2. The summed E-state index contributed by atoms with van der Waals surface area (Å²) in [6, 6.07) is 0. The monoisotopic (exact) mass is 148 g/mol. The Morgan fingerprint density at radius 3 is 2.89 bits per heavy atom. The van der Waals surface area contributed by atoms with E-state index in [1.54, 1.807) is 0 Å². The van der Waals surface area contributed by atoms with E-state index in [1.165, 1.54) is 12.8 Å². The zero-order valence-corrected chi connectivity index (χ0v) is 5.86. The van der Waals surface area contributed by atoms with Crippen LogP contribution in [0.1, 0.15) is 25.7 Å². The first kappa shape index (κ1) is 6.90. The van der Waals surface area contributed by atoms with Gasteiger partial charge in [0.05, 0.1) is 0 Å². The lowest BCUT2D eigenvalue weighted by molar-refractivity contribution is -0.164. The smallest absolute Gasteiger partial charge is 0.140 e. The van der Waals surface area contributed by atoms with Crippen LogP contribution in [0.3, 0.4) is 0 Å². The third kappa shape index (κ3) is 2.24. The van der Waals surface area contributed by atoms with Gasteiger partial charge in [-0.1, -0.05) is 4.44 Å². The number of allylic oxidation sites excluding steroid dienone is 2. The van der Waals surface area contributed by atoms with Gasteiger partial charge in [-0.25, -0.2) is 0 Å². The molecule has 9 heavy (non-hydrogen) atoms. The zero-order valence-electron chi connectivity index (χ0n) is 5.10. The quantitative estimate of drug-likeness (QED) is 0.443. The molecule has 0 amide bonds. The van der Waals surface area contributed by atoms with Gasteiger partial charge in [0.1, 0.15) is 17.6 Å². The molecule has 1 aliphatic rings. The molecule has 0 spiro atoms. The first-order chi connectivity index (χ1) is 4.43. The molecule has 0 heterocycles. The minimum Gasteiger partial charge on any atom is -0.325 e. The SMILES string of the molecule is ClOOC1=CCCCC1. The molecular weight excluding hydrogens is 140 g/mol. The van der Waals surface area contributed by atoms with E-state index in [4.69, 9.17) is 11.9 Å². The number of hydrogen-bond donors (Lipinski definition) is 0. The van der Waals surface area contributed by atoms with Crippen LogP contribution in [0.5, 0.6) is 0 Å². The lowest BCUT2D eigenvalue weighted by Gasteiger charge is -2.08. The maximum atomic E-state index is 4.87. The van der Waals surface area contributed by atoms with E-state index in [1.807, 2.05) is 6.08 Å². The molecule has 0 aliphatic heterocycles. The van der Waals surface area contributed by atoms with Gasteiger partial charge < -0.3 is 4.89 Å². The van der Waals surface area contributed by atoms with Crippen LogP contribution in [0.4, 0.5) is 0 Å². The highest BCUT2D eigenvalue weighted by atomic mass is 35.5. The first-order valence-electron chi connectivity index (χ1n) is 3.08. The minimum atomic E-state index is 0.858. The molecule has 0 aromatic carbocycles. The molecule has 0 fully saturated rings. The van der Waals surface area contributed by atoms with E-state index in [9.17, 15) is 0 Å². The summed E-state index contributed by atoms with van der Waals surface area (Å²) in [5.41, 5.74) is 0. The summed E-state index contributed by atoms with van der Waals surface area (Å²) in [6.07, 6.45) is 6.45. The molecule has 0 saturated carbocycles. The van der Waals surface area contributed by atoms with Gasteiger partial charge in [-0.05, 0) is 25.3 Å². The Morgan fingerprint density at radius 1 is 1.44 bits per heavy atom. The molecule has 0 bridgehead atoms. The van der Waals surface area contributed by atoms with Crippen molar-refractivity contribution in [2.24, 2.45) is 0 Å². The second-order valence-corrected chi connectivity index (χ2v) is 2.19. The van der Waals surface area contributed by atoms with Gasteiger partial charge in [0.2, 0.25) is 0 Å². The summed E-state index contributed by atoms with van der Waals surface area (Å²) in [4.78, 5) is 4.61. The highest BCUT2D eigenvalue weighted by Crippen LogP contribution is 2.18. The summed E-state index contributed by atoms with van der Waals surface area (Å²) in [7, 11) is 0. The second kappa shape index (κ2) is 3.75. The van der Waals surface area contributed by atoms with Crippen molar-refractivity contribution >= 4 is 11.9 Å². The van der Waals surface area contributed by atoms with Crippen molar-refractivity contribution in [3.63, 3.8) is 0 Å². The third-order valence-corrected chi connectivity index (χ3v) is 1.45. The van der Waals surface area contributed by atoms with Crippen molar-refractivity contribution in [1.29, 1.82) is 0 Å². The van der Waals surface area contributed by atoms with Crippen molar-refractivity contribution in [2.45, 2.75) is 25.7 Å². The lowest BCUT2D eigenvalue weighted by Crippen LogP contribution is -1.93. The zero-order chi connectivity index (χ0) is 6.53. The number of halogens is 1. The summed E-state index contributed by atoms with van der Waals surface area (Å²) in [6.45, 7) is 0. The maximum absolute atomic E-state index is 4.87. The fourth-order valence-corrected chi connectivity index (χ4v) is 1.01.